The lowest BCUT2D eigenvalue weighted by atomic mass is 9.95. The molecule has 1 atom stereocenters. The van der Waals surface area contributed by atoms with Crippen LogP contribution in [0.2, 0.25) is 0 Å². The van der Waals surface area contributed by atoms with Crippen molar-refractivity contribution in [3.8, 4) is 5.75 Å². The topological polar surface area (TPSA) is 96.0 Å². The number of anilines is 1. The van der Waals surface area contributed by atoms with Crippen molar-refractivity contribution in [2.75, 3.05) is 18.0 Å². The number of carbonyl (C=O) groups excluding carboxylic acids is 2. The number of rotatable bonds is 11. The van der Waals surface area contributed by atoms with E-state index in [0.29, 0.717) is 11.4 Å². The molecule has 3 aromatic rings. The molecular weight excluding hydrogens is 562 g/mol. The maximum Gasteiger partial charge on any atom is 0.264 e. The van der Waals surface area contributed by atoms with Gasteiger partial charge in [0.2, 0.25) is 11.8 Å². The highest BCUT2D eigenvalue weighted by Gasteiger charge is 2.33. The summed E-state index contributed by atoms with van der Waals surface area (Å²) in [7, 11) is -2.55. The monoisotopic (exact) mass is 605 g/mol. The van der Waals surface area contributed by atoms with Crippen LogP contribution in [0.3, 0.4) is 0 Å². The minimum absolute atomic E-state index is 0.0751. The normalized spacial score (nSPS) is 14.5. The molecule has 1 fully saturated rings. The Hall–Kier alpha value is -3.85. The van der Waals surface area contributed by atoms with E-state index in [1.165, 1.54) is 9.21 Å². The van der Waals surface area contributed by atoms with Crippen molar-refractivity contribution in [2.24, 2.45) is 0 Å². The van der Waals surface area contributed by atoms with Crippen molar-refractivity contribution in [1.29, 1.82) is 0 Å². The van der Waals surface area contributed by atoms with E-state index in [1.807, 2.05) is 57.2 Å². The lowest BCUT2D eigenvalue weighted by molar-refractivity contribution is -0.139. The quantitative estimate of drug-likeness (QED) is 0.303. The number of methoxy groups -OCH3 is 1. The van der Waals surface area contributed by atoms with Gasteiger partial charge in [-0.3, -0.25) is 13.9 Å². The van der Waals surface area contributed by atoms with Gasteiger partial charge in [-0.05, 0) is 82.0 Å². The number of carbonyl (C=O) groups is 2. The molecule has 0 unspecified atom stereocenters. The Labute approximate surface area is 256 Å². The van der Waals surface area contributed by atoms with Crippen LogP contribution in [0.1, 0.15) is 61.3 Å². The molecule has 3 aromatic carbocycles. The second kappa shape index (κ2) is 14.1. The molecule has 0 bridgehead atoms. The van der Waals surface area contributed by atoms with Crippen molar-refractivity contribution in [1.82, 2.24) is 10.2 Å². The summed E-state index contributed by atoms with van der Waals surface area (Å²) in [4.78, 5) is 29.3. The van der Waals surface area contributed by atoms with Gasteiger partial charge in [-0.25, -0.2) is 8.42 Å². The average Bonchev–Trinajstić information content (AvgIpc) is 2.99. The number of benzene rings is 3. The molecule has 1 aliphatic rings. The van der Waals surface area contributed by atoms with Crippen molar-refractivity contribution in [2.45, 2.75) is 83.3 Å². The highest BCUT2D eigenvalue weighted by atomic mass is 32.2. The molecule has 0 aromatic heterocycles. The van der Waals surface area contributed by atoms with Crippen LogP contribution >= 0.6 is 0 Å². The Morgan fingerprint density at radius 3 is 2.26 bits per heavy atom. The SMILES string of the molecule is COc1cccc(CN(C(=O)CN(c2ccc(C)cc2C)S(=O)(=O)c2ccc(C)cc2)[C@H](C)C(=O)NC2CCCCC2)c1. The van der Waals surface area contributed by atoms with Crippen LogP contribution in [0.15, 0.2) is 71.6 Å². The molecule has 0 aliphatic heterocycles. The van der Waals surface area contributed by atoms with Crippen LogP contribution in [-0.2, 0) is 26.2 Å². The third-order valence-electron chi connectivity index (χ3n) is 8.11. The van der Waals surface area contributed by atoms with Gasteiger partial charge in [0.1, 0.15) is 18.3 Å². The van der Waals surface area contributed by atoms with E-state index in [1.54, 1.807) is 44.4 Å². The summed E-state index contributed by atoms with van der Waals surface area (Å²) in [6, 6.07) is 18.6. The molecule has 0 radical (unpaired) electrons. The highest BCUT2D eigenvalue weighted by Crippen LogP contribution is 2.29. The summed E-state index contributed by atoms with van der Waals surface area (Å²) in [6.45, 7) is 7.00. The third kappa shape index (κ3) is 7.96. The average molecular weight is 606 g/mol. The first-order chi connectivity index (χ1) is 20.5. The minimum Gasteiger partial charge on any atom is -0.497 e. The van der Waals surface area contributed by atoms with Crippen molar-refractivity contribution in [3.05, 3.63) is 89.0 Å². The molecule has 1 aliphatic carbocycles. The Balaban J connectivity index is 1.71. The molecule has 43 heavy (non-hydrogen) atoms. The van der Waals surface area contributed by atoms with Gasteiger partial charge < -0.3 is 15.0 Å². The first-order valence-electron chi connectivity index (χ1n) is 14.9. The Morgan fingerprint density at radius 1 is 0.930 bits per heavy atom. The minimum atomic E-state index is -4.12. The molecule has 0 spiro atoms. The predicted molar refractivity (Wildman–Crippen MR) is 170 cm³/mol. The highest BCUT2D eigenvalue weighted by molar-refractivity contribution is 7.92. The molecule has 4 rings (SSSR count). The van der Waals surface area contributed by atoms with Crippen LogP contribution in [0.5, 0.6) is 5.75 Å². The predicted octanol–water partition coefficient (Wildman–Crippen LogP) is 5.68. The molecule has 1 saturated carbocycles. The van der Waals surface area contributed by atoms with Crippen LogP contribution in [0, 0.1) is 20.8 Å². The fourth-order valence-electron chi connectivity index (χ4n) is 5.55. The molecule has 9 heteroatoms. The van der Waals surface area contributed by atoms with Gasteiger partial charge in [-0.15, -0.1) is 0 Å². The molecule has 2 amide bonds. The van der Waals surface area contributed by atoms with Gasteiger partial charge in [-0.1, -0.05) is 66.8 Å². The van der Waals surface area contributed by atoms with Crippen LogP contribution in [-0.4, -0.2) is 50.9 Å². The smallest absolute Gasteiger partial charge is 0.264 e. The molecular formula is C34H43N3O5S. The standard InChI is InChI=1S/C34H43N3O5S/c1-24-14-17-31(18-15-24)43(40,41)37(32-19-16-25(2)20-26(32)3)23-33(38)36(22-28-10-9-13-30(21-28)42-5)27(4)34(39)35-29-11-7-6-8-12-29/h9-10,13-21,27,29H,6-8,11-12,22-23H2,1-5H3,(H,35,39)/t27-/m1/s1. The van der Waals surface area contributed by atoms with E-state index in [-0.39, 0.29) is 23.4 Å². The fraction of sp³-hybridized carbons (Fsp3) is 0.412. The van der Waals surface area contributed by atoms with E-state index in [2.05, 4.69) is 5.32 Å². The zero-order valence-electron chi connectivity index (χ0n) is 25.8. The van der Waals surface area contributed by atoms with E-state index < -0.39 is 28.5 Å². The van der Waals surface area contributed by atoms with Crippen LogP contribution in [0.4, 0.5) is 5.69 Å². The van der Waals surface area contributed by atoms with Gasteiger partial charge in [-0.2, -0.15) is 0 Å². The second-order valence-corrected chi connectivity index (χ2v) is 13.4. The first-order valence-corrected chi connectivity index (χ1v) is 16.3. The van der Waals surface area contributed by atoms with Gasteiger partial charge >= 0.3 is 0 Å². The number of nitrogens with zero attached hydrogens (tertiary/aromatic N) is 2. The van der Waals surface area contributed by atoms with Crippen molar-refractivity contribution >= 4 is 27.5 Å². The maximum absolute atomic E-state index is 14.2. The van der Waals surface area contributed by atoms with Gasteiger partial charge in [0, 0.05) is 12.6 Å². The zero-order valence-corrected chi connectivity index (χ0v) is 26.6. The lowest BCUT2D eigenvalue weighted by Gasteiger charge is -2.33. The number of sulfonamides is 1. The van der Waals surface area contributed by atoms with E-state index in [4.69, 9.17) is 4.74 Å². The number of hydrogen-bond donors (Lipinski definition) is 1. The van der Waals surface area contributed by atoms with Gasteiger partial charge in [0.15, 0.2) is 0 Å². The number of amides is 2. The molecule has 1 N–H and O–H groups in total. The van der Waals surface area contributed by atoms with Gasteiger partial charge in [0.05, 0.1) is 17.7 Å². The molecule has 0 heterocycles. The molecule has 8 nitrogen and oxygen atoms in total. The summed E-state index contributed by atoms with van der Waals surface area (Å²) in [5.41, 5.74) is 3.82. The summed E-state index contributed by atoms with van der Waals surface area (Å²) in [6.07, 6.45) is 5.11. The first kappa shape index (κ1) is 32.1. The van der Waals surface area contributed by atoms with Crippen molar-refractivity contribution in [3.63, 3.8) is 0 Å². The Kier molecular flexibility index (Phi) is 10.5. The number of nitrogens with one attached hydrogen (secondary N) is 1. The lowest BCUT2D eigenvalue weighted by Crippen LogP contribution is -2.53. The Morgan fingerprint density at radius 2 is 1.60 bits per heavy atom. The largest absolute Gasteiger partial charge is 0.497 e. The molecule has 230 valence electrons. The van der Waals surface area contributed by atoms with E-state index >= 15 is 0 Å². The Bertz CT molecular complexity index is 1530. The van der Waals surface area contributed by atoms with Gasteiger partial charge in [0.25, 0.3) is 10.0 Å². The summed E-state index contributed by atoms with van der Waals surface area (Å²) in [5.74, 6) is -0.101. The third-order valence-corrected chi connectivity index (χ3v) is 9.89. The number of hydrogen-bond acceptors (Lipinski definition) is 5. The van der Waals surface area contributed by atoms with Crippen molar-refractivity contribution < 1.29 is 22.7 Å². The summed E-state index contributed by atoms with van der Waals surface area (Å²) < 4.78 is 34.8. The zero-order chi connectivity index (χ0) is 31.1. The van der Waals surface area contributed by atoms with E-state index in [9.17, 15) is 18.0 Å². The van der Waals surface area contributed by atoms with E-state index in [0.717, 1.165) is 54.4 Å². The number of aryl methyl sites for hydroxylation is 3. The summed E-state index contributed by atoms with van der Waals surface area (Å²) >= 11 is 0. The number of ether oxygens (including phenoxy) is 1. The second-order valence-electron chi connectivity index (χ2n) is 11.5. The van der Waals surface area contributed by atoms with Crippen LogP contribution < -0.4 is 14.4 Å². The maximum atomic E-state index is 14.2. The summed E-state index contributed by atoms with van der Waals surface area (Å²) in [5, 5.41) is 3.13. The fourth-order valence-corrected chi connectivity index (χ4v) is 7.03. The molecule has 0 saturated heterocycles. The van der Waals surface area contributed by atoms with Crippen LogP contribution in [0.25, 0.3) is 0 Å².